The maximum Gasteiger partial charge on any atom is 0.327 e. The number of H-pyrrole nitrogens is 2. The second-order valence-electron chi connectivity index (χ2n) is 10.5. The Morgan fingerprint density at radius 2 is 1.42 bits per heavy atom. The molecule has 19 nitrogen and oxygen atoms in total. The predicted octanol–water partition coefficient (Wildman–Crippen LogP) is -0.809. The number of carboxylic acid groups (broad SMARTS) is 2. The number of nitrogens with two attached hydrogens (primary N) is 5. The van der Waals surface area contributed by atoms with E-state index >= 15 is 0 Å². The summed E-state index contributed by atoms with van der Waals surface area (Å²) >= 11 is 0. The van der Waals surface area contributed by atoms with Crippen molar-refractivity contribution in [2.75, 3.05) is 0 Å². The number of urea groups is 1. The number of carbonyl (C=O) groups is 6. The maximum atomic E-state index is 11.1. The van der Waals surface area contributed by atoms with Gasteiger partial charge in [-0.25, -0.2) is 14.6 Å². The Bertz CT molecular complexity index is 1550. The van der Waals surface area contributed by atoms with E-state index < -0.39 is 41.7 Å². The Morgan fingerprint density at radius 1 is 0.854 bits per heavy atom. The SMILES string of the molecule is C=C(C)CCCC[C@H](N)C(=O)O.NC(CC[13C]([15NH2])=O)C(=O)O.O=C1CC(=O)C2=C(C1)N=CC2.O=c1[nH]c2c(c(=O)[nH]1)CC=N2.[15NH2][13C]([15NH2])=O. The molecule has 0 spiro atoms. The molecule has 0 saturated heterocycles. The first-order chi connectivity index (χ1) is 22.3. The zero-order valence-corrected chi connectivity index (χ0v) is 26.5. The fourth-order valence-electron chi connectivity index (χ4n) is 3.77. The Hall–Kier alpha value is -5.56. The molecule has 1 aromatic heterocycles. The number of fused-ring (bicyclic) bond motifs is 1. The van der Waals surface area contributed by atoms with Crippen LogP contribution in [-0.4, -0.2) is 80.1 Å². The van der Waals surface area contributed by atoms with Crippen LogP contribution in [0.4, 0.5) is 10.6 Å². The van der Waals surface area contributed by atoms with Gasteiger partial charge in [-0.05, 0) is 32.6 Å². The van der Waals surface area contributed by atoms with Crippen LogP contribution in [-0.2, 0) is 30.4 Å². The Labute approximate surface area is 274 Å². The van der Waals surface area contributed by atoms with Crippen LogP contribution in [0.15, 0.2) is 43.0 Å². The standard InChI is InChI=1S/C9H17NO2.C8H7NO2.C6H5N3O2.C5H10N2O3.CH4N2O/c1-7(2)5-3-4-6-8(10)9(11)12;10-5-3-7-6(1-2-9-7)8(11)4-5;10-5-3-1-2-7-4(3)8-6(11)9-5;6-3(5(9)10)1-2-4(7)8;2-1(3)4/h8H,1,3-6,10H2,2H3,(H,11,12);2H,1,3-4H2;2H,1H2,(H2,8,9,10,11);3H,1-2,6H2,(H2,7,8)(H,9,10);(H4,2,3,4)/t8-;;;;/m0..../s1/i;;;4+1,7+1;1+1,2+1,3+1. The van der Waals surface area contributed by atoms with E-state index in [1.54, 1.807) is 12.4 Å². The first-order valence-electron chi connectivity index (χ1n) is 14.5. The third-order valence-electron chi connectivity index (χ3n) is 6.19. The van der Waals surface area contributed by atoms with Gasteiger partial charge >= 0.3 is 23.7 Å². The molecule has 0 radical (unpaired) electrons. The molecule has 3 heterocycles. The van der Waals surface area contributed by atoms with Crippen LogP contribution in [0.3, 0.4) is 0 Å². The molecule has 19 heteroatoms. The largest absolute Gasteiger partial charge is 0.480 e. The predicted molar refractivity (Wildman–Crippen MR) is 176 cm³/mol. The highest BCUT2D eigenvalue weighted by molar-refractivity contribution is 6.13. The van der Waals surface area contributed by atoms with E-state index in [1.165, 1.54) is 0 Å². The molecule has 1 aromatic rings. The molecule has 1 unspecified atom stereocenters. The fourth-order valence-corrected chi connectivity index (χ4v) is 3.77. The lowest BCUT2D eigenvalue weighted by molar-refractivity contribution is -0.139. The van der Waals surface area contributed by atoms with Crippen molar-refractivity contribution in [2.45, 2.75) is 83.2 Å². The summed E-state index contributed by atoms with van der Waals surface area (Å²) < 4.78 is 0. The average molecular weight is 683 g/mol. The third kappa shape index (κ3) is 18.4. The fraction of sp³-hybridized carbons (Fsp3) is 0.448. The number of allylic oxidation sites excluding steroid dienone is 3. The van der Waals surface area contributed by atoms with Gasteiger partial charge in [0, 0.05) is 43.7 Å². The van der Waals surface area contributed by atoms with Crippen molar-refractivity contribution in [1.29, 1.82) is 0 Å². The molecule has 48 heavy (non-hydrogen) atoms. The third-order valence-corrected chi connectivity index (χ3v) is 6.19. The summed E-state index contributed by atoms with van der Waals surface area (Å²) in [5.41, 5.74) is 25.9. The summed E-state index contributed by atoms with van der Waals surface area (Å²) in [4.78, 5) is 95.4. The van der Waals surface area contributed by atoms with Crippen molar-refractivity contribution >= 4 is 53.7 Å². The lowest BCUT2D eigenvalue weighted by atomic mass is 9.94. The van der Waals surface area contributed by atoms with Crippen LogP contribution in [0.25, 0.3) is 0 Å². The number of nitrogens with one attached hydrogen (secondary N) is 2. The highest BCUT2D eigenvalue weighted by Gasteiger charge is 2.27. The van der Waals surface area contributed by atoms with Gasteiger partial charge in [0.1, 0.15) is 23.7 Å². The van der Waals surface area contributed by atoms with Crippen LogP contribution in [0.2, 0.25) is 0 Å². The molecule has 0 aromatic carbocycles. The maximum absolute atomic E-state index is 11.1. The number of primary amides is 3. The van der Waals surface area contributed by atoms with Crippen LogP contribution < -0.4 is 39.9 Å². The van der Waals surface area contributed by atoms with Crippen molar-refractivity contribution in [3.63, 3.8) is 0 Å². The normalized spacial score (nSPS) is 14.6. The van der Waals surface area contributed by atoms with Crippen molar-refractivity contribution in [3.8, 4) is 0 Å². The number of amides is 3. The number of ketones is 2. The number of hydrogen-bond donors (Lipinski definition) is 9. The zero-order chi connectivity index (χ0) is 37.0. The van der Waals surface area contributed by atoms with E-state index in [1.807, 2.05) is 6.92 Å². The van der Waals surface area contributed by atoms with Crippen LogP contribution in [0.1, 0.15) is 70.3 Å². The molecule has 0 bridgehead atoms. The molecular formula is C29H43N9O10. The molecule has 1 aliphatic carbocycles. The monoisotopic (exact) mass is 682 g/mol. The molecule has 4 rings (SSSR count). The number of carboxylic acids is 2. The Balaban J connectivity index is 0.000000592. The Morgan fingerprint density at radius 3 is 1.96 bits per heavy atom. The van der Waals surface area contributed by atoms with Crippen molar-refractivity contribution < 1.29 is 39.0 Å². The topological polar surface area (TPSA) is 363 Å². The molecule has 14 N–H and O–H groups in total. The second kappa shape index (κ2) is 22.0. The summed E-state index contributed by atoms with van der Waals surface area (Å²) in [5, 5.41) is 16.7. The molecule has 3 aliphatic rings. The summed E-state index contributed by atoms with van der Waals surface area (Å²) in [6.45, 7) is 5.73. The van der Waals surface area contributed by atoms with Gasteiger partial charge in [-0.15, -0.1) is 6.58 Å². The van der Waals surface area contributed by atoms with Crippen molar-refractivity contribution in [2.24, 2.45) is 38.7 Å². The molecule has 3 amide bonds. The number of aliphatic imine (C=N–C) groups is 2. The van der Waals surface area contributed by atoms with Gasteiger partial charge in [-0.2, -0.15) is 0 Å². The van der Waals surface area contributed by atoms with E-state index in [2.05, 4.69) is 38.0 Å². The average Bonchev–Trinajstić information content (AvgIpc) is 3.64. The Kier molecular flexibility index (Phi) is 19.5. The highest BCUT2D eigenvalue weighted by atomic mass is 16.4. The first-order valence-corrected chi connectivity index (χ1v) is 14.5. The minimum Gasteiger partial charge on any atom is -0.480 e. The number of unbranched alkanes of at least 4 members (excludes halogenated alkanes) is 1. The molecule has 0 saturated carbocycles. The second-order valence-corrected chi connectivity index (χ2v) is 10.5. The lowest BCUT2D eigenvalue weighted by Gasteiger charge is -2.09. The van der Waals surface area contributed by atoms with Gasteiger partial charge in [0.25, 0.3) is 5.56 Å². The number of rotatable bonds is 10. The summed E-state index contributed by atoms with van der Waals surface area (Å²) in [6.07, 6.45) is 8.35. The van der Waals surface area contributed by atoms with E-state index in [4.69, 9.17) is 32.2 Å². The van der Waals surface area contributed by atoms with Gasteiger partial charge in [0.2, 0.25) is 5.91 Å². The van der Waals surface area contributed by atoms with E-state index in [0.717, 1.165) is 30.4 Å². The molecule has 2 aliphatic heterocycles. The minimum absolute atomic E-state index is 0.00667. The number of carbonyl (C=O) groups excluding carboxylic acids is 4. The van der Waals surface area contributed by atoms with Crippen LogP contribution >= 0.6 is 0 Å². The van der Waals surface area contributed by atoms with Gasteiger partial charge in [0.15, 0.2) is 5.78 Å². The number of aromatic nitrogens is 2. The van der Waals surface area contributed by atoms with E-state index in [-0.39, 0.29) is 36.4 Å². The summed E-state index contributed by atoms with van der Waals surface area (Å²) in [7, 11) is 0. The highest BCUT2D eigenvalue weighted by Crippen LogP contribution is 2.26. The van der Waals surface area contributed by atoms with E-state index in [0.29, 0.717) is 42.8 Å². The smallest absolute Gasteiger partial charge is 0.327 e. The van der Waals surface area contributed by atoms with Crippen LogP contribution in [0.5, 0.6) is 0 Å². The van der Waals surface area contributed by atoms with Gasteiger partial charge in [-0.3, -0.25) is 43.7 Å². The number of Topliss-reactive ketones (excluding diaryl/α,β-unsaturated/α-hetero) is 2. The molecule has 264 valence electrons. The first kappa shape index (κ1) is 42.4. The zero-order valence-electron chi connectivity index (χ0n) is 26.5. The van der Waals surface area contributed by atoms with Crippen molar-refractivity contribution in [3.05, 3.63) is 49.8 Å². The summed E-state index contributed by atoms with van der Waals surface area (Å²) in [6, 6.07) is -2.51. The quantitative estimate of drug-likeness (QED) is 0.0481. The van der Waals surface area contributed by atoms with Crippen LogP contribution in [0, 0.1) is 0 Å². The lowest BCUT2D eigenvalue weighted by Crippen LogP contribution is -2.31. The minimum atomic E-state index is -1.11. The number of nitrogens with zero attached hydrogens (tertiary/aromatic N) is 2. The number of aromatic amines is 2. The molecular weight excluding hydrogens is 639 g/mol. The van der Waals surface area contributed by atoms with E-state index in [9.17, 15) is 33.6 Å². The summed E-state index contributed by atoms with van der Waals surface area (Å²) in [5.74, 6) is -2.21. The van der Waals surface area contributed by atoms with Gasteiger partial charge in [-0.1, -0.05) is 12.0 Å². The van der Waals surface area contributed by atoms with Gasteiger partial charge in [0.05, 0.1) is 17.7 Å². The molecule has 0 fully saturated rings. The van der Waals surface area contributed by atoms with Crippen molar-refractivity contribution in [1.82, 2.24) is 9.97 Å². The van der Waals surface area contributed by atoms with Gasteiger partial charge < -0.3 is 38.9 Å². The number of aliphatic carboxylic acids is 2. The number of hydrogen-bond acceptors (Lipinski definition) is 12. The molecule has 2 atom stereocenters.